The van der Waals surface area contributed by atoms with E-state index in [0.717, 1.165) is 30.8 Å². The van der Waals surface area contributed by atoms with Gasteiger partial charge in [-0.05, 0) is 42.7 Å². The van der Waals surface area contributed by atoms with Crippen LogP contribution in [0, 0.1) is 0 Å². The average molecular weight is 311 g/mol. The first-order valence-corrected chi connectivity index (χ1v) is 7.89. The van der Waals surface area contributed by atoms with Gasteiger partial charge in [-0.1, -0.05) is 12.1 Å². The van der Waals surface area contributed by atoms with Crippen molar-refractivity contribution in [3.05, 3.63) is 53.7 Å². The summed E-state index contributed by atoms with van der Waals surface area (Å²) in [5, 5.41) is 11.1. The van der Waals surface area contributed by atoms with Gasteiger partial charge < -0.3 is 16.0 Å². The molecule has 1 aromatic heterocycles. The Bertz CT molecular complexity index is 644. The monoisotopic (exact) mass is 311 g/mol. The van der Waals surface area contributed by atoms with Crippen molar-refractivity contribution in [3.63, 3.8) is 0 Å². The summed E-state index contributed by atoms with van der Waals surface area (Å²) in [6.45, 7) is 2.04. The number of carbonyl (C=O) groups excluding carboxylic acids is 1. The molecule has 0 bridgehead atoms. The SMILES string of the molecule is NCc1ccc(C(=O)NCC2CCCN2c2cccnn2)cc1. The van der Waals surface area contributed by atoms with Crippen molar-refractivity contribution in [2.45, 2.75) is 25.4 Å². The Kier molecular flexibility index (Phi) is 4.83. The molecule has 1 saturated heterocycles. The fourth-order valence-corrected chi connectivity index (χ4v) is 2.90. The van der Waals surface area contributed by atoms with Crippen LogP contribution in [0.25, 0.3) is 0 Å². The molecule has 0 aliphatic carbocycles. The van der Waals surface area contributed by atoms with Gasteiger partial charge in [-0.3, -0.25) is 4.79 Å². The Morgan fingerprint density at radius 2 is 2.13 bits per heavy atom. The van der Waals surface area contributed by atoms with Crippen molar-refractivity contribution in [3.8, 4) is 0 Å². The summed E-state index contributed by atoms with van der Waals surface area (Å²) in [5.74, 6) is 0.816. The van der Waals surface area contributed by atoms with Crippen LogP contribution in [0.3, 0.4) is 0 Å². The maximum absolute atomic E-state index is 12.3. The number of rotatable bonds is 5. The number of aromatic nitrogens is 2. The fourth-order valence-electron chi connectivity index (χ4n) is 2.90. The maximum Gasteiger partial charge on any atom is 0.251 e. The van der Waals surface area contributed by atoms with Crippen molar-refractivity contribution in [1.82, 2.24) is 15.5 Å². The predicted molar refractivity (Wildman–Crippen MR) is 89.1 cm³/mol. The van der Waals surface area contributed by atoms with Crippen LogP contribution in [0.5, 0.6) is 0 Å². The molecular formula is C17H21N5O. The molecule has 1 aliphatic rings. The fraction of sp³-hybridized carbons (Fsp3) is 0.353. The van der Waals surface area contributed by atoms with E-state index in [4.69, 9.17) is 5.73 Å². The van der Waals surface area contributed by atoms with E-state index in [0.29, 0.717) is 18.7 Å². The van der Waals surface area contributed by atoms with Gasteiger partial charge in [-0.2, -0.15) is 5.10 Å². The van der Waals surface area contributed by atoms with Gasteiger partial charge >= 0.3 is 0 Å². The van der Waals surface area contributed by atoms with E-state index in [1.54, 1.807) is 6.20 Å². The Morgan fingerprint density at radius 1 is 1.30 bits per heavy atom. The van der Waals surface area contributed by atoms with Crippen LogP contribution in [0.4, 0.5) is 5.82 Å². The van der Waals surface area contributed by atoms with Gasteiger partial charge in [-0.25, -0.2) is 0 Å². The van der Waals surface area contributed by atoms with Gasteiger partial charge in [0.25, 0.3) is 5.91 Å². The quantitative estimate of drug-likeness (QED) is 0.870. The van der Waals surface area contributed by atoms with Crippen LogP contribution in [-0.4, -0.2) is 35.2 Å². The molecule has 1 unspecified atom stereocenters. The molecule has 6 nitrogen and oxygen atoms in total. The molecule has 3 N–H and O–H groups in total. The van der Waals surface area contributed by atoms with E-state index in [-0.39, 0.29) is 11.9 Å². The first-order valence-electron chi connectivity index (χ1n) is 7.89. The second kappa shape index (κ2) is 7.19. The minimum atomic E-state index is -0.0560. The van der Waals surface area contributed by atoms with E-state index in [1.165, 1.54) is 0 Å². The van der Waals surface area contributed by atoms with Gasteiger partial charge in [0.2, 0.25) is 0 Å². The normalized spacial score (nSPS) is 17.3. The summed E-state index contributed by atoms with van der Waals surface area (Å²) in [7, 11) is 0. The van der Waals surface area contributed by atoms with Gasteiger partial charge in [-0.15, -0.1) is 5.10 Å². The third-order valence-electron chi connectivity index (χ3n) is 4.18. The van der Waals surface area contributed by atoms with Gasteiger partial charge in [0.05, 0.1) is 0 Å². The lowest BCUT2D eigenvalue weighted by Crippen LogP contribution is -2.40. The van der Waals surface area contributed by atoms with Crippen molar-refractivity contribution in [2.75, 3.05) is 18.0 Å². The van der Waals surface area contributed by atoms with Crippen LogP contribution in [0.15, 0.2) is 42.6 Å². The molecule has 0 saturated carbocycles. The number of carbonyl (C=O) groups is 1. The summed E-state index contributed by atoms with van der Waals surface area (Å²) in [5.41, 5.74) is 7.25. The third-order valence-corrected chi connectivity index (χ3v) is 4.18. The molecule has 1 atom stereocenters. The molecule has 2 heterocycles. The first-order chi connectivity index (χ1) is 11.3. The minimum Gasteiger partial charge on any atom is -0.350 e. The molecule has 1 amide bonds. The standard InChI is InChI=1S/C17H21N5O/c18-11-13-5-7-14(8-6-13)17(23)19-12-15-3-2-10-22(15)16-4-1-9-20-21-16/h1,4-9,15H,2-3,10-12,18H2,(H,19,23). The van der Waals surface area contributed by atoms with Crippen LogP contribution in [0.2, 0.25) is 0 Å². The number of nitrogens with one attached hydrogen (secondary N) is 1. The van der Waals surface area contributed by atoms with Gasteiger partial charge in [0, 0.05) is 37.4 Å². The lowest BCUT2D eigenvalue weighted by molar-refractivity contribution is 0.0951. The van der Waals surface area contributed by atoms with E-state index >= 15 is 0 Å². The molecule has 1 aromatic carbocycles. The van der Waals surface area contributed by atoms with E-state index in [2.05, 4.69) is 20.4 Å². The largest absolute Gasteiger partial charge is 0.350 e. The number of hydrogen-bond acceptors (Lipinski definition) is 5. The van der Waals surface area contributed by atoms with E-state index in [9.17, 15) is 4.79 Å². The first kappa shape index (κ1) is 15.4. The average Bonchev–Trinajstić information content (AvgIpc) is 3.09. The van der Waals surface area contributed by atoms with Crippen molar-refractivity contribution >= 4 is 11.7 Å². The molecule has 120 valence electrons. The zero-order valence-electron chi connectivity index (χ0n) is 13.0. The Labute approximate surface area is 135 Å². The van der Waals surface area contributed by atoms with Crippen LogP contribution < -0.4 is 16.0 Å². The van der Waals surface area contributed by atoms with Crippen molar-refractivity contribution in [2.24, 2.45) is 5.73 Å². The van der Waals surface area contributed by atoms with E-state index < -0.39 is 0 Å². The number of nitrogens with zero attached hydrogens (tertiary/aromatic N) is 3. The highest BCUT2D eigenvalue weighted by atomic mass is 16.1. The lowest BCUT2D eigenvalue weighted by Gasteiger charge is -2.25. The lowest BCUT2D eigenvalue weighted by atomic mass is 10.1. The molecule has 1 aliphatic heterocycles. The highest BCUT2D eigenvalue weighted by molar-refractivity contribution is 5.94. The van der Waals surface area contributed by atoms with Crippen molar-refractivity contribution < 1.29 is 4.79 Å². The van der Waals surface area contributed by atoms with E-state index in [1.807, 2.05) is 36.4 Å². The number of benzene rings is 1. The number of nitrogens with two attached hydrogens (primary N) is 1. The number of amides is 1. The van der Waals surface area contributed by atoms with Gasteiger partial charge in [0.15, 0.2) is 5.82 Å². The number of anilines is 1. The van der Waals surface area contributed by atoms with Crippen molar-refractivity contribution in [1.29, 1.82) is 0 Å². The minimum absolute atomic E-state index is 0.0560. The summed E-state index contributed by atoms with van der Waals surface area (Å²) in [6.07, 6.45) is 3.81. The maximum atomic E-state index is 12.3. The smallest absolute Gasteiger partial charge is 0.251 e. The molecule has 1 fully saturated rings. The molecule has 0 spiro atoms. The van der Waals surface area contributed by atoms with Gasteiger partial charge in [0.1, 0.15) is 0 Å². The zero-order chi connectivity index (χ0) is 16.1. The summed E-state index contributed by atoms with van der Waals surface area (Å²) >= 11 is 0. The van der Waals surface area contributed by atoms with Crippen LogP contribution in [-0.2, 0) is 6.54 Å². The van der Waals surface area contributed by atoms with Crippen LogP contribution >= 0.6 is 0 Å². The Morgan fingerprint density at radius 3 is 2.83 bits per heavy atom. The molecule has 2 aromatic rings. The topological polar surface area (TPSA) is 84.1 Å². The third kappa shape index (κ3) is 3.65. The Balaban J connectivity index is 1.59. The highest BCUT2D eigenvalue weighted by Crippen LogP contribution is 2.22. The Hall–Kier alpha value is -2.47. The molecule has 3 rings (SSSR count). The van der Waals surface area contributed by atoms with Crippen LogP contribution in [0.1, 0.15) is 28.8 Å². The summed E-state index contributed by atoms with van der Waals surface area (Å²) in [6, 6.07) is 11.5. The number of hydrogen-bond donors (Lipinski definition) is 2. The predicted octanol–water partition coefficient (Wildman–Crippen LogP) is 1.33. The second-order valence-corrected chi connectivity index (χ2v) is 5.68. The molecule has 23 heavy (non-hydrogen) atoms. The second-order valence-electron chi connectivity index (χ2n) is 5.68. The molecule has 6 heteroatoms. The molecular weight excluding hydrogens is 290 g/mol. The summed E-state index contributed by atoms with van der Waals surface area (Å²) < 4.78 is 0. The zero-order valence-corrected chi connectivity index (χ0v) is 13.0. The summed E-state index contributed by atoms with van der Waals surface area (Å²) in [4.78, 5) is 14.5. The molecule has 0 radical (unpaired) electrons. The highest BCUT2D eigenvalue weighted by Gasteiger charge is 2.26.